The molecule has 1 saturated heterocycles. The van der Waals surface area contributed by atoms with E-state index in [9.17, 15) is 18.5 Å². The SMILES string of the molecule is COc1cccc(OC)c1-n1c(NS(=O)(=O)CCN2C(=O)[C@H](C)C[C@]2(C)C#N)nnc1-c1ccco1. The molecule has 36 heavy (non-hydrogen) atoms. The minimum Gasteiger partial charge on any atom is -0.494 e. The Kier molecular flexibility index (Phi) is 6.64. The fraction of sp³-hybridized carbons (Fsp3) is 0.391. The van der Waals surface area contributed by atoms with Gasteiger partial charge >= 0.3 is 0 Å². The Morgan fingerprint density at radius 1 is 1.22 bits per heavy atom. The van der Waals surface area contributed by atoms with Crippen LogP contribution in [-0.4, -0.2) is 66.0 Å². The second kappa shape index (κ2) is 9.54. The van der Waals surface area contributed by atoms with Gasteiger partial charge in [-0.15, -0.1) is 10.2 Å². The summed E-state index contributed by atoms with van der Waals surface area (Å²) in [5.41, 5.74) is -0.708. The highest BCUT2D eigenvalue weighted by atomic mass is 32.2. The zero-order valence-electron chi connectivity index (χ0n) is 20.3. The Morgan fingerprint density at radius 2 is 1.92 bits per heavy atom. The highest BCUT2D eigenvalue weighted by Crippen LogP contribution is 2.38. The van der Waals surface area contributed by atoms with Gasteiger partial charge in [0.05, 0.1) is 32.3 Å². The number of anilines is 1. The maximum absolute atomic E-state index is 13.1. The van der Waals surface area contributed by atoms with Crippen LogP contribution in [0.2, 0.25) is 0 Å². The van der Waals surface area contributed by atoms with Crippen LogP contribution >= 0.6 is 0 Å². The molecule has 1 aliphatic heterocycles. The van der Waals surface area contributed by atoms with Gasteiger partial charge < -0.3 is 18.8 Å². The van der Waals surface area contributed by atoms with Gasteiger partial charge in [-0.05, 0) is 37.6 Å². The van der Waals surface area contributed by atoms with Gasteiger partial charge in [0.15, 0.2) is 5.76 Å². The number of hydrogen-bond acceptors (Lipinski definition) is 9. The van der Waals surface area contributed by atoms with E-state index in [4.69, 9.17) is 13.9 Å². The zero-order valence-corrected chi connectivity index (χ0v) is 21.1. The molecule has 2 atom stereocenters. The van der Waals surface area contributed by atoms with E-state index in [0.717, 1.165) is 0 Å². The summed E-state index contributed by atoms with van der Waals surface area (Å²) < 4.78 is 46.6. The summed E-state index contributed by atoms with van der Waals surface area (Å²) in [7, 11) is -1.09. The van der Waals surface area contributed by atoms with Gasteiger partial charge in [-0.3, -0.25) is 14.1 Å². The summed E-state index contributed by atoms with van der Waals surface area (Å²) in [5.74, 6) is 0.109. The molecule has 3 heterocycles. The van der Waals surface area contributed by atoms with E-state index >= 15 is 0 Å². The molecule has 2 aromatic heterocycles. The van der Waals surface area contributed by atoms with E-state index in [1.165, 1.54) is 29.9 Å². The summed E-state index contributed by atoms with van der Waals surface area (Å²) in [5, 5.41) is 17.8. The van der Waals surface area contributed by atoms with E-state index in [1.807, 2.05) is 0 Å². The van der Waals surface area contributed by atoms with Crippen LogP contribution in [0.1, 0.15) is 20.3 Å². The van der Waals surface area contributed by atoms with Crippen LogP contribution in [0, 0.1) is 17.2 Å². The molecule has 190 valence electrons. The molecule has 1 amide bonds. The number of methoxy groups -OCH3 is 2. The molecular weight excluding hydrogens is 488 g/mol. The second-order valence-corrected chi connectivity index (χ2v) is 10.4. The molecule has 0 spiro atoms. The number of ether oxygens (including phenoxy) is 2. The molecule has 3 aromatic rings. The quantitative estimate of drug-likeness (QED) is 0.454. The van der Waals surface area contributed by atoms with Gasteiger partial charge in [-0.1, -0.05) is 13.0 Å². The molecular formula is C23H26N6O6S. The molecule has 0 unspecified atom stereocenters. The van der Waals surface area contributed by atoms with E-state index in [0.29, 0.717) is 29.4 Å². The number of carbonyl (C=O) groups is 1. The van der Waals surface area contributed by atoms with Gasteiger partial charge in [0.1, 0.15) is 22.7 Å². The number of carbonyl (C=O) groups excluding carboxylic acids is 1. The van der Waals surface area contributed by atoms with Crippen molar-refractivity contribution in [1.82, 2.24) is 19.7 Å². The average molecular weight is 515 g/mol. The first-order chi connectivity index (χ1) is 17.1. The maximum atomic E-state index is 13.1. The van der Waals surface area contributed by atoms with Crippen LogP contribution < -0.4 is 14.2 Å². The topological polar surface area (TPSA) is 153 Å². The first-order valence-corrected chi connectivity index (χ1v) is 12.7. The Labute approximate surface area is 208 Å². The molecule has 0 aliphatic carbocycles. The summed E-state index contributed by atoms with van der Waals surface area (Å²) in [6.45, 7) is 3.21. The number of likely N-dealkylation sites (tertiary alicyclic amines) is 1. The van der Waals surface area contributed by atoms with Gasteiger partial charge in [0, 0.05) is 12.5 Å². The number of para-hydroxylation sites is 1. The highest BCUT2D eigenvalue weighted by molar-refractivity contribution is 7.92. The second-order valence-electron chi connectivity index (χ2n) is 8.57. The number of rotatable bonds is 9. The van der Waals surface area contributed by atoms with Crippen molar-refractivity contribution in [3.63, 3.8) is 0 Å². The standard InChI is InChI=1S/C23H26N6O6S/c1-15-13-23(2,14-24)28(21(15)30)10-12-36(31,32)27-22-26-25-20(18-9-6-11-35-18)29(22)19-16(33-3)7-5-8-17(19)34-4/h5-9,11,15H,10,12-13H2,1-4H3,(H,26,27)/t15-,23-/m1/s1. The number of hydrogen-bond donors (Lipinski definition) is 1. The van der Waals surface area contributed by atoms with E-state index in [2.05, 4.69) is 21.0 Å². The first kappa shape index (κ1) is 25.1. The van der Waals surface area contributed by atoms with Crippen molar-refractivity contribution < 1.29 is 27.1 Å². The summed E-state index contributed by atoms with van der Waals surface area (Å²) in [6.07, 6.45) is 1.79. The van der Waals surface area contributed by atoms with Crippen LogP contribution in [0.25, 0.3) is 17.3 Å². The van der Waals surface area contributed by atoms with Crippen LogP contribution in [0.4, 0.5) is 5.95 Å². The molecule has 0 radical (unpaired) electrons. The number of nitriles is 1. The predicted octanol–water partition coefficient (Wildman–Crippen LogP) is 2.44. The average Bonchev–Trinajstić information content (AvgIpc) is 3.57. The van der Waals surface area contributed by atoms with Gasteiger partial charge in [0.2, 0.25) is 27.7 Å². The number of amides is 1. The van der Waals surface area contributed by atoms with Crippen LogP contribution in [0.3, 0.4) is 0 Å². The predicted molar refractivity (Wildman–Crippen MR) is 129 cm³/mol. The van der Waals surface area contributed by atoms with Crippen molar-refractivity contribution in [3.05, 3.63) is 36.6 Å². The summed E-state index contributed by atoms with van der Waals surface area (Å²) in [4.78, 5) is 13.9. The molecule has 0 saturated carbocycles. The molecule has 1 aromatic carbocycles. The monoisotopic (exact) mass is 514 g/mol. The lowest BCUT2D eigenvalue weighted by Gasteiger charge is -2.28. The summed E-state index contributed by atoms with van der Waals surface area (Å²) >= 11 is 0. The fourth-order valence-corrected chi connectivity index (χ4v) is 5.28. The molecule has 13 heteroatoms. The zero-order chi connectivity index (χ0) is 26.1. The Hall–Kier alpha value is -4.05. The lowest BCUT2D eigenvalue weighted by Crippen LogP contribution is -2.45. The van der Waals surface area contributed by atoms with Gasteiger partial charge in [0.25, 0.3) is 0 Å². The van der Waals surface area contributed by atoms with Gasteiger partial charge in [-0.25, -0.2) is 8.42 Å². The van der Waals surface area contributed by atoms with Crippen molar-refractivity contribution in [1.29, 1.82) is 5.26 Å². The normalized spacial score (nSPS) is 19.8. The van der Waals surface area contributed by atoms with Crippen molar-refractivity contribution in [2.45, 2.75) is 25.8 Å². The molecule has 1 fully saturated rings. The minimum atomic E-state index is -4.04. The lowest BCUT2D eigenvalue weighted by molar-refractivity contribution is -0.132. The molecule has 12 nitrogen and oxygen atoms in total. The lowest BCUT2D eigenvalue weighted by atomic mass is 9.97. The van der Waals surface area contributed by atoms with Crippen molar-refractivity contribution in [2.24, 2.45) is 5.92 Å². The third-order valence-electron chi connectivity index (χ3n) is 6.09. The number of nitrogens with one attached hydrogen (secondary N) is 1. The molecule has 1 aliphatic rings. The number of furan rings is 1. The summed E-state index contributed by atoms with van der Waals surface area (Å²) in [6, 6.07) is 10.6. The smallest absolute Gasteiger partial charge is 0.243 e. The number of aromatic nitrogens is 3. The molecule has 4 rings (SSSR count). The fourth-order valence-electron chi connectivity index (χ4n) is 4.35. The Bertz CT molecular complexity index is 1390. The minimum absolute atomic E-state index is 0.131. The Morgan fingerprint density at radius 3 is 2.50 bits per heavy atom. The van der Waals surface area contributed by atoms with Crippen molar-refractivity contribution >= 4 is 21.9 Å². The van der Waals surface area contributed by atoms with Crippen LogP contribution in [0.5, 0.6) is 11.5 Å². The van der Waals surface area contributed by atoms with Crippen molar-refractivity contribution in [3.8, 4) is 34.8 Å². The highest BCUT2D eigenvalue weighted by Gasteiger charge is 2.46. The third kappa shape index (κ3) is 4.47. The van der Waals surface area contributed by atoms with Crippen LogP contribution in [0.15, 0.2) is 41.0 Å². The first-order valence-electron chi connectivity index (χ1n) is 11.1. The number of sulfonamides is 1. The number of nitrogens with zero attached hydrogens (tertiary/aromatic N) is 5. The molecule has 1 N–H and O–H groups in total. The molecule has 0 bridgehead atoms. The Balaban J connectivity index is 1.71. The maximum Gasteiger partial charge on any atom is 0.243 e. The van der Waals surface area contributed by atoms with E-state index in [1.54, 1.807) is 44.2 Å². The van der Waals surface area contributed by atoms with Crippen molar-refractivity contribution in [2.75, 3.05) is 31.2 Å². The van der Waals surface area contributed by atoms with E-state index in [-0.39, 0.29) is 30.1 Å². The van der Waals surface area contributed by atoms with E-state index < -0.39 is 21.3 Å². The van der Waals surface area contributed by atoms with Gasteiger partial charge in [-0.2, -0.15) is 5.26 Å². The number of benzene rings is 1. The third-order valence-corrected chi connectivity index (χ3v) is 7.30. The van der Waals surface area contributed by atoms with Crippen LogP contribution in [-0.2, 0) is 14.8 Å². The largest absolute Gasteiger partial charge is 0.494 e.